The average molecular weight is 481 g/mol. The molecule has 32 heavy (non-hydrogen) atoms. The zero-order valence-electron chi connectivity index (χ0n) is 17.9. The Hall–Kier alpha value is -2.62. The van der Waals surface area contributed by atoms with Gasteiger partial charge in [-0.1, -0.05) is 17.7 Å². The summed E-state index contributed by atoms with van der Waals surface area (Å²) in [5.74, 6) is -0.483. The van der Waals surface area contributed by atoms with Gasteiger partial charge in [-0.15, -0.1) is 0 Å². The monoisotopic (exact) mass is 480 g/mol. The minimum absolute atomic E-state index is 0.152. The van der Waals surface area contributed by atoms with Crippen LogP contribution in [0.15, 0.2) is 47.4 Å². The molecule has 0 saturated carbocycles. The van der Waals surface area contributed by atoms with E-state index in [1.807, 2.05) is 26.0 Å². The van der Waals surface area contributed by atoms with Gasteiger partial charge in [-0.25, -0.2) is 13.2 Å². The molecule has 0 atom stereocenters. The number of halogens is 1. The molecule has 2 aromatic rings. The number of esters is 1. The lowest BCUT2D eigenvalue weighted by Gasteiger charge is -2.33. The molecule has 0 aliphatic carbocycles. The second-order valence-corrected chi connectivity index (χ2v) is 9.81. The zero-order chi connectivity index (χ0) is 23.3. The summed E-state index contributed by atoms with van der Waals surface area (Å²) < 4.78 is 37.2. The van der Waals surface area contributed by atoms with E-state index in [1.165, 1.54) is 33.5 Å². The van der Waals surface area contributed by atoms with Crippen LogP contribution in [0.3, 0.4) is 0 Å². The number of piperazine rings is 1. The maximum Gasteiger partial charge on any atom is 0.344 e. The van der Waals surface area contributed by atoms with E-state index in [0.29, 0.717) is 10.8 Å². The number of amides is 1. The van der Waals surface area contributed by atoms with Crippen molar-refractivity contribution in [2.24, 2.45) is 0 Å². The Labute approximate surface area is 192 Å². The third kappa shape index (κ3) is 5.99. The molecule has 1 aliphatic heterocycles. The molecule has 8 nitrogen and oxygen atoms in total. The van der Waals surface area contributed by atoms with Gasteiger partial charge < -0.3 is 14.4 Å². The van der Waals surface area contributed by atoms with Crippen molar-refractivity contribution >= 4 is 33.5 Å². The number of rotatable bonds is 7. The van der Waals surface area contributed by atoms with Crippen molar-refractivity contribution in [2.75, 3.05) is 39.4 Å². The van der Waals surface area contributed by atoms with Gasteiger partial charge >= 0.3 is 5.97 Å². The van der Waals surface area contributed by atoms with Crippen molar-refractivity contribution in [3.63, 3.8) is 0 Å². The Kier molecular flexibility index (Phi) is 7.76. The van der Waals surface area contributed by atoms with Gasteiger partial charge in [0, 0.05) is 31.2 Å². The first-order valence-electron chi connectivity index (χ1n) is 10.1. The molecular formula is C22H25ClN2O6S. The van der Waals surface area contributed by atoms with Crippen LogP contribution in [0.2, 0.25) is 5.02 Å². The first-order chi connectivity index (χ1) is 15.2. The van der Waals surface area contributed by atoms with E-state index >= 15 is 0 Å². The average Bonchev–Trinajstić information content (AvgIpc) is 2.78. The lowest BCUT2D eigenvalue weighted by atomic mass is 10.1. The largest absolute Gasteiger partial charge is 0.482 e. The third-order valence-electron chi connectivity index (χ3n) is 5.23. The van der Waals surface area contributed by atoms with Crippen LogP contribution in [-0.4, -0.2) is 68.9 Å². The van der Waals surface area contributed by atoms with Gasteiger partial charge in [0.1, 0.15) is 5.75 Å². The fourth-order valence-electron chi connectivity index (χ4n) is 3.15. The van der Waals surface area contributed by atoms with Crippen molar-refractivity contribution in [1.82, 2.24) is 9.21 Å². The molecule has 1 heterocycles. The first-order valence-corrected chi connectivity index (χ1v) is 11.9. The minimum Gasteiger partial charge on any atom is -0.482 e. The summed E-state index contributed by atoms with van der Waals surface area (Å²) in [5.41, 5.74) is 2.16. The van der Waals surface area contributed by atoms with Gasteiger partial charge in [0.05, 0.1) is 4.90 Å². The van der Waals surface area contributed by atoms with Crippen LogP contribution in [-0.2, 0) is 24.3 Å². The van der Waals surface area contributed by atoms with E-state index in [1.54, 1.807) is 6.07 Å². The number of hydrogen-bond donors (Lipinski definition) is 0. The second-order valence-electron chi connectivity index (χ2n) is 7.43. The molecular weight excluding hydrogens is 456 g/mol. The molecule has 0 radical (unpaired) electrons. The Balaban J connectivity index is 1.43. The molecule has 0 unspecified atom stereocenters. The quantitative estimate of drug-likeness (QED) is 0.565. The van der Waals surface area contributed by atoms with E-state index in [4.69, 9.17) is 21.1 Å². The maximum atomic E-state index is 12.7. The summed E-state index contributed by atoms with van der Waals surface area (Å²) in [7, 11) is -3.66. The van der Waals surface area contributed by atoms with Crippen LogP contribution in [0.4, 0.5) is 0 Å². The number of hydrogen-bond acceptors (Lipinski definition) is 6. The molecule has 0 N–H and O–H groups in total. The highest BCUT2D eigenvalue weighted by molar-refractivity contribution is 7.89. The summed E-state index contributed by atoms with van der Waals surface area (Å²) in [6, 6.07) is 11.4. The molecule has 2 aromatic carbocycles. The summed E-state index contributed by atoms with van der Waals surface area (Å²) in [5, 5.41) is 0.452. The van der Waals surface area contributed by atoms with Gasteiger partial charge in [-0.3, -0.25) is 4.79 Å². The topological polar surface area (TPSA) is 93.2 Å². The van der Waals surface area contributed by atoms with Crippen LogP contribution < -0.4 is 4.74 Å². The molecule has 172 valence electrons. The minimum atomic E-state index is -3.66. The SMILES string of the molecule is Cc1ccc(OCC(=O)OCC(=O)N2CCN(S(=O)(=O)c3ccc(Cl)cc3)CC2)cc1C. The number of nitrogens with zero attached hydrogens (tertiary/aromatic N) is 2. The maximum absolute atomic E-state index is 12.7. The van der Waals surface area contributed by atoms with Crippen molar-refractivity contribution in [3.8, 4) is 5.75 Å². The van der Waals surface area contributed by atoms with Crippen LogP contribution in [0.1, 0.15) is 11.1 Å². The molecule has 10 heteroatoms. The molecule has 0 spiro atoms. The third-order valence-corrected chi connectivity index (χ3v) is 7.40. The van der Waals surface area contributed by atoms with Crippen molar-refractivity contribution in [1.29, 1.82) is 0 Å². The number of aryl methyl sites for hydroxylation is 2. The Morgan fingerprint density at radius 1 is 0.938 bits per heavy atom. The van der Waals surface area contributed by atoms with E-state index < -0.39 is 22.6 Å². The van der Waals surface area contributed by atoms with Gasteiger partial charge in [0.2, 0.25) is 10.0 Å². The fourth-order valence-corrected chi connectivity index (χ4v) is 4.70. The lowest BCUT2D eigenvalue weighted by molar-refractivity contribution is -0.154. The summed E-state index contributed by atoms with van der Waals surface area (Å²) >= 11 is 5.82. The number of ether oxygens (including phenoxy) is 2. The summed E-state index contributed by atoms with van der Waals surface area (Å²) in [6.45, 7) is 3.93. The highest BCUT2D eigenvalue weighted by atomic mass is 35.5. The Morgan fingerprint density at radius 3 is 2.22 bits per heavy atom. The predicted molar refractivity (Wildman–Crippen MR) is 119 cm³/mol. The highest BCUT2D eigenvalue weighted by Crippen LogP contribution is 2.20. The van der Waals surface area contributed by atoms with Crippen LogP contribution in [0.25, 0.3) is 0 Å². The normalized spacial score (nSPS) is 14.8. The molecule has 1 fully saturated rings. The van der Waals surface area contributed by atoms with Crippen molar-refractivity contribution < 1.29 is 27.5 Å². The van der Waals surface area contributed by atoms with E-state index in [2.05, 4.69) is 0 Å². The van der Waals surface area contributed by atoms with Crippen LogP contribution in [0, 0.1) is 13.8 Å². The van der Waals surface area contributed by atoms with E-state index in [0.717, 1.165) is 11.1 Å². The lowest BCUT2D eigenvalue weighted by Crippen LogP contribution is -2.51. The van der Waals surface area contributed by atoms with Crippen molar-refractivity contribution in [2.45, 2.75) is 18.7 Å². The Morgan fingerprint density at radius 2 is 1.59 bits per heavy atom. The molecule has 0 aromatic heterocycles. The van der Waals surface area contributed by atoms with Gasteiger partial charge in [-0.2, -0.15) is 4.31 Å². The van der Waals surface area contributed by atoms with Crippen LogP contribution >= 0.6 is 11.6 Å². The predicted octanol–water partition coefficient (Wildman–Crippen LogP) is 2.41. The van der Waals surface area contributed by atoms with Crippen molar-refractivity contribution in [3.05, 3.63) is 58.6 Å². The summed E-state index contributed by atoms with van der Waals surface area (Å²) in [6.07, 6.45) is 0. The first kappa shape index (κ1) is 24.0. The molecule has 1 saturated heterocycles. The standard InChI is InChI=1S/C22H25ClN2O6S/c1-16-3-6-19(13-17(16)2)30-15-22(27)31-14-21(26)24-9-11-25(12-10-24)32(28,29)20-7-4-18(23)5-8-20/h3-8,13H,9-12,14-15H2,1-2H3. The molecule has 3 rings (SSSR count). The Bertz CT molecular complexity index is 1080. The number of carbonyl (C=O) groups is 2. The van der Waals surface area contributed by atoms with E-state index in [-0.39, 0.29) is 43.6 Å². The summed E-state index contributed by atoms with van der Waals surface area (Å²) in [4.78, 5) is 25.9. The molecule has 1 aliphatic rings. The van der Waals surface area contributed by atoms with Gasteiger partial charge in [-0.05, 0) is 61.4 Å². The number of benzene rings is 2. The fraction of sp³-hybridized carbons (Fsp3) is 0.364. The molecule has 0 bridgehead atoms. The number of sulfonamides is 1. The van der Waals surface area contributed by atoms with E-state index in [9.17, 15) is 18.0 Å². The molecule has 1 amide bonds. The zero-order valence-corrected chi connectivity index (χ0v) is 19.5. The van der Waals surface area contributed by atoms with Crippen LogP contribution in [0.5, 0.6) is 5.75 Å². The highest BCUT2D eigenvalue weighted by Gasteiger charge is 2.30. The smallest absolute Gasteiger partial charge is 0.344 e. The second kappa shape index (κ2) is 10.3. The van der Waals surface area contributed by atoms with Gasteiger partial charge in [0.25, 0.3) is 5.91 Å². The number of carbonyl (C=O) groups excluding carboxylic acids is 2. The van der Waals surface area contributed by atoms with Gasteiger partial charge in [0.15, 0.2) is 13.2 Å².